The van der Waals surface area contributed by atoms with Crippen molar-refractivity contribution in [3.8, 4) is 0 Å². The highest BCUT2D eigenvalue weighted by Crippen LogP contribution is 2.26. The Balaban J connectivity index is 1.10. The van der Waals surface area contributed by atoms with Crippen LogP contribution in [-0.2, 0) is 35.4 Å². The van der Waals surface area contributed by atoms with Crippen LogP contribution in [0.25, 0.3) is 0 Å². The quantitative estimate of drug-likeness (QED) is 0.882. The fourth-order valence-corrected chi connectivity index (χ4v) is 4.39. The Labute approximate surface area is 165 Å². The number of hydrogen-bond donors (Lipinski definition) is 1. The van der Waals surface area contributed by atoms with Gasteiger partial charge in [0.25, 0.3) is 0 Å². The van der Waals surface area contributed by atoms with Gasteiger partial charge in [-0.05, 0) is 48.4 Å². The monoisotopic (exact) mass is 378 g/mol. The van der Waals surface area contributed by atoms with Crippen molar-refractivity contribution in [1.82, 2.24) is 15.5 Å². The van der Waals surface area contributed by atoms with E-state index in [1.165, 1.54) is 35.2 Å². The lowest BCUT2D eigenvalue weighted by Crippen LogP contribution is -2.53. The van der Waals surface area contributed by atoms with Crippen LogP contribution in [0.2, 0.25) is 0 Å². The predicted molar refractivity (Wildman–Crippen MR) is 106 cm³/mol. The minimum absolute atomic E-state index is 0.00141. The highest BCUT2D eigenvalue weighted by Gasteiger charge is 2.31. The van der Waals surface area contributed by atoms with Gasteiger partial charge in [-0.15, -0.1) is 5.10 Å². The van der Waals surface area contributed by atoms with Gasteiger partial charge in [-0.3, -0.25) is 4.79 Å². The SMILES string of the molecule is O=C(NCC1CN(c2cc3c(nn2)CCCC3)C1)C1Cc2ccccc2CO1. The third-order valence-corrected chi connectivity index (χ3v) is 6.16. The molecule has 0 bridgehead atoms. The standard InChI is InChI=1S/C22H26N4O2/c27-22(20-9-16-5-1-2-7-18(16)14-28-20)23-11-15-12-26(13-15)21-10-17-6-3-4-8-19(17)24-25-21/h1-2,5,7,10,15,20H,3-4,6,8-9,11-14H2,(H,23,27). The van der Waals surface area contributed by atoms with E-state index in [2.05, 4.69) is 38.6 Å². The molecule has 1 aliphatic carbocycles. The Morgan fingerprint density at radius 3 is 2.82 bits per heavy atom. The Morgan fingerprint density at radius 1 is 1.11 bits per heavy atom. The number of amides is 1. The summed E-state index contributed by atoms with van der Waals surface area (Å²) in [5.41, 5.74) is 4.94. The Kier molecular flexibility index (Phi) is 4.72. The zero-order valence-corrected chi connectivity index (χ0v) is 16.1. The summed E-state index contributed by atoms with van der Waals surface area (Å²) in [4.78, 5) is 14.7. The van der Waals surface area contributed by atoms with Gasteiger partial charge < -0.3 is 15.0 Å². The van der Waals surface area contributed by atoms with Gasteiger partial charge in [0.1, 0.15) is 6.10 Å². The number of hydrogen-bond acceptors (Lipinski definition) is 5. The molecule has 28 heavy (non-hydrogen) atoms. The fraction of sp³-hybridized carbons (Fsp3) is 0.500. The lowest BCUT2D eigenvalue weighted by atomic mass is 9.95. The number of rotatable bonds is 4. The van der Waals surface area contributed by atoms with Crippen molar-refractivity contribution in [3.05, 3.63) is 52.7 Å². The minimum Gasteiger partial charge on any atom is -0.363 e. The maximum absolute atomic E-state index is 12.5. The molecule has 1 aromatic carbocycles. The number of nitrogens with one attached hydrogen (secondary N) is 1. The molecule has 146 valence electrons. The molecule has 0 saturated carbocycles. The van der Waals surface area contributed by atoms with Crippen LogP contribution in [0.5, 0.6) is 0 Å². The van der Waals surface area contributed by atoms with Crippen molar-refractivity contribution < 1.29 is 9.53 Å². The molecule has 1 fully saturated rings. The molecule has 3 heterocycles. The molecule has 6 nitrogen and oxygen atoms in total. The number of anilines is 1. The van der Waals surface area contributed by atoms with E-state index >= 15 is 0 Å². The van der Waals surface area contributed by atoms with E-state index in [-0.39, 0.29) is 12.0 Å². The van der Waals surface area contributed by atoms with Crippen LogP contribution in [0.1, 0.15) is 35.2 Å². The normalized spacial score (nSPS) is 21.4. The Morgan fingerprint density at radius 2 is 1.93 bits per heavy atom. The summed E-state index contributed by atoms with van der Waals surface area (Å²) >= 11 is 0. The average molecular weight is 378 g/mol. The molecule has 5 rings (SSSR count). The summed E-state index contributed by atoms with van der Waals surface area (Å²) in [5, 5.41) is 11.9. The molecule has 2 aromatic rings. The van der Waals surface area contributed by atoms with E-state index in [1.807, 2.05) is 12.1 Å². The minimum atomic E-state index is -0.377. The molecule has 1 atom stereocenters. The molecule has 2 aliphatic heterocycles. The van der Waals surface area contributed by atoms with Crippen molar-refractivity contribution >= 4 is 11.7 Å². The number of fused-ring (bicyclic) bond motifs is 2. The molecule has 0 spiro atoms. The van der Waals surface area contributed by atoms with Crippen molar-refractivity contribution in [2.45, 2.75) is 44.8 Å². The number of carbonyl (C=O) groups excluding carboxylic acids is 1. The lowest BCUT2D eigenvalue weighted by Gasteiger charge is -2.40. The predicted octanol–water partition coefficient (Wildman–Crippen LogP) is 2.05. The van der Waals surface area contributed by atoms with Crippen molar-refractivity contribution in [1.29, 1.82) is 0 Å². The molecular weight excluding hydrogens is 352 g/mol. The first-order valence-corrected chi connectivity index (χ1v) is 10.3. The summed E-state index contributed by atoms with van der Waals surface area (Å²) < 4.78 is 5.75. The van der Waals surface area contributed by atoms with E-state index in [1.54, 1.807) is 0 Å². The topological polar surface area (TPSA) is 67.4 Å². The fourth-order valence-electron chi connectivity index (χ4n) is 4.39. The van der Waals surface area contributed by atoms with Gasteiger partial charge in [0, 0.05) is 32.0 Å². The summed E-state index contributed by atoms with van der Waals surface area (Å²) in [6.07, 6.45) is 4.94. The second kappa shape index (κ2) is 7.51. The molecule has 1 N–H and O–H groups in total. The summed E-state index contributed by atoms with van der Waals surface area (Å²) in [6, 6.07) is 10.4. The third kappa shape index (κ3) is 3.49. The van der Waals surface area contributed by atoms with Crippen molar-refractivity contribution in [3.63, 3.8) is 0 Å². The van der Waals surface area contributed by atoms with E-state index in [0.29, 0.717) is 25.5 Å². The number of ether oxygens (including phenoxy) is 1. The van der Waals surface area contributed by atoms with Crippen LogP contribution in [0.15, 0.2) is 30.3 Å². The van der Waals surface area contributed by atoms with Gasteiger partial charge in [-0.1, -0.05) is 24.3 Å². The Hall–Kier alpha value is -2.47. The van der Waals surface area contributed by atoms with Crippen molar-refractivity contribution in [2.75, 3.05) is 24.5 Å². The Bertz CT molecular complexity index is 879. The van der Waals surface area contributed by atoms with Crippen LogP contribution in [-0.4, -0.2) is 41.8 Å². The number of aromatic nitrogens is 2. The summed E-state index contributed by atoms with van der Waals surface area (Å²) in [7, 11) is 0. The first kappa shape index (κ1) is 17.6. The van der Waals surface area contributed by atoms with Gasteiger partial charge in [0.05, 0.1) is 12.3 Å². The van der Waals surface area contributed by atoms with Crippen LogP contribution in [0.4, 0.5) is 5.82 Å². The first-order chi connectivity index (χ1) is 13.8. The van der Waals surface area contributed by atoms with Gasteiger partial charge in [0.15, 0.2) is 5.82 Å². The third-order valence-electron chi connectivity index (χ3n) is 6.16. The second-order valence-electron chi connectivity index (χ2n) is 8.17. The van der Waals surface area contributed by atoms with Crippen LogP contribution >= 0.6 is 0 Å². The molecule has 6 heteroatoms. The van der Waals surface area contributed by atoms with E-state index in [4.69, 9.17) is 4.74 Å². The lowest BCUT2D eigenvalue weighted by molar-refractivity contribution is -0.134. The van der Waals surface area contributed by atoms with Crippen LogP contribution in [0.3, 0.4) is 0 Å². The van der Waals surface area contributed by atoms with Gasteiger partial charge in [-0.2, -0.15) is 5.10 Å². The number of aryl methyl sites for hydroxylation is 2. The van der Waals surface area contributed by atoms with Gasteiger partial charge in [-0.25, -0.2) is 0 Å². The maximum Gasteiger partial charge on any atom is 0.249 e. The largest absolute Gasteiger partial charge is 0.363 e. The van der Waals surface area contributed by atoms with Crippen LogP contribution in [0, 0.1) is 5.92 Å². The van der Waals surface area contributed by atoms with E-state index in [9.17, 15) is 4.79 Å². The molecule has 0 radical (unpaired) electrons. The molecular formula is C22H26N4O2. The molecule has 3 aliphatic rings. The molecule has 1 amide bonds. The molecule has 1 aromatic heterocycles. The number of benzene rings is 1. The molecule has 1 saturated heterocycles. The van der Waals surface area contributed by atoms with Gasteiger partial charge >= 0.3 is 0 Å². The highest BCUT2D eigenvalue weighted by molar-refractivity contribution is 5.81. The molecule has 1 unspecified atom stereocenters. The van der Waals surface area contributed by atoms with Crippen LogP contribution < -0.4 is 10.2 Å². The van der Waals surface area contributed by atoms with E-state index in [0.717, 1.165) is 31.7 Å². The number of carbonyl (C=O) groups is 1. The summed E-state index contributed by atoms with van der Waals surface area (Å²) in [6.45, 7) is 3.04. The van der Waals surface area contributed by atoms with Crippen molar-refractivity contribution in [2.24, 2.45) is 5.92 Å². The zero-order chi connectivity index (χ0) is 18.9. The smallest absolute Gasteiger partial charge is 0.249 e. The van der Waals surface area contributed by atoms with Gasteiger partial charge in [0.2, 0.25) is 5.91 Å². The highest BCUT2D eigenvalue weighted by atomic mass is 16.5. The van der Waals surface area contributed by atoms with E-state index < -0.39 is 0 Å². The number of nitrogens with zero attached hydrogens (tertiary/aromatic N) is 3. The second-order valence-corrected chi connectivity index (χ2v) is 8.17. The first-order valence-electron chi connectivity index (χ1n) is 10.3. The average Bonchev–Trinajstić information content (AvgIpc) is 2.72. The maximum atomic E-state index is 12.5. The zero-order valence-electron chi connectivity index (χ0n) is 16.1. The summed E-state index contributed by atoms with van der Waals surface area (Å²) in [5.74, 6) is 1.44.